The van der Waals surface area contributed by atoms with Crippen molar-refractivity contribution in [2.24, 2.45) is 0 Å². The summed E-state index contributed by atoms with van der Waals surface area (Å²) in [5.41, 5.74) is 0.601. The average Bonchev–Trinajstić information content (AvgIpc) is 2.72. The van der Waals surface area contributed by atoms with Gasteiger partial charge in [0.05, 0.1) is 36.7 Å². The van der Waals surface area contributed by atoms with Gasteiger partial charge in [-0.1, -0.05) is 6.92 Å². The maximum atomic E-state index is 12.4. The van der Waals surface area contributed by atoms with E-state index >= 15 is 0 Å². The number of benzene rings is 1. The van der Waals surface area contributed by atoms with Crippen LogP contribution in [0.2, 0.25) is 0 Å². The van der Waals surface area contributed by atoms with E-state index in [4.69, 9.17) is 4.74 Å². The molecule has 2 N–H and O–H groups in total. The van der Waals surface area contributed by atoms with E-state index in [1.807, 2.05) is 6.92 Å². The van der Waals surface area contributed by atoms with E-state index in [1.165, 1.54) is 7.11 Å². The standard InChI is InChI=1S/C20H27N5O4/c1-3-6-21-18(26)13-25-9-7-24(8-10-25)12-17-22-16-11-14(20(28)29-2)4-5-15(16)19(27)23-17/h4-5,11H,3,6-10,12-13H2,1-2H3,(H,21,26)(H,22,23,27). The molecule has 2 aromatic rings. The second-order valence-electron chi connectivity index (χ2n) is 7.14. The van der Waals surface area contributed by atoms with Crippen molar-refractivity contribution in [3.8, 4) is 0 Å². The number of hydrogen-bond acceptors (Lipinski definition) is 7. The lowest BCUT2D eigenvalue weighted by Gasteiger charge is -2.33. The Balaban J connectivity index is 1.63. The summed E-state index contributed by atoms with van der Waals surface area (Å²) in [5, 5.41) is 3.33. The molecule has 1 aromatic heterocycles. The monoisotopic (exact) mass is 401 g/mol. The molecule has 1 aliphatic rings. The average molecular weight is 401 g/mol. The zero-order valence-electron chi connectivity index (χ0n) is 16.9. The van der Waals surface area contributed by atoms with Gasteiger partial charge in [-0.3, -0.25) is 19.4 Å². The smallest absolute Gasteiger partial charge is 0.337 e. The van der Waals surface area contributed by atoms with Crippen molar-refractivity contribution in [3.05, 3.63) is 39.9 Å². The number of esters is 1. The van der Waals surface area contributed by atoms with Crippen molar-refractivity contribution in [2.45, 2.75) is 19.9 Å². The number of H-pyrrole nitrogens is 1. The van der Waals surface area contributed by atoms with Gasteiger partial charge in [-0.25, -0.2) is 9.78 Å². The largest absolute Gasteiger partial charge is 0.465 e. The summed E-state index contributed by atoms with van der Waals surface area (Å²) in [4.78, 5) is 47.6. The van der Waals surface area contributed by atoms with Crippen LogP contribution < -0.4 is 10.9 Å². The third-order valence-corrected chi connectivity index (χ3v) is 4.95. The highest BCUT2D eigenvalue weighted by Gasteiger charge is 2.20. The van der Waals surface area contributed by atoms with Gasteiger partial charge < -0.3 is 15.0 Å². The predicted octanol–water partition coefficient (Wildman–Crippen LogP) is 0.354. The summed E-state index contributed by atoms with van der Waals surface area (Å²) < 4.78 is 4.73. The number of nitrogens with one attached hydrogen (secondary N) is 2. The minimum atomic E-state index is -0.463. The summed E-state index contributed by atoms with van der Waals surface area (Å²) in [6.07, 6.45) is 0.928. The van der Waals surface area contributed by atoms with E-state index in [1.54, 1.807) is 18.2 Å². The molecular weight excluding hydrogens is 374 g/mol. The van der Waals surface area contributed by atoms with Gasteiger partial charge in [0, 0.05) is 32.7 Å². The highest BCUT2D eigenvalue weighted by atomic mass is 16.5. The van der Waals surface area contributed by atoms with Crippen LogP contribution in [-0.2, 0) is 16.1 Å². The quantitative estimate of drug-likeness (QED) is 0.645. The Morgan fingerprint density at radius 2 is 1.93 bits per heavy atom. The Bertz CT molecular complexity index is 934. The highest BCUT2D eigenvalue weighted by molar-refractivity contribution is 5.93. The van der Waals surface area contributed by atoms with E-state index in [-0.39, 0.29) is 11.5 Å². The molecule has 0 radical (unpaired) electrons. The van der Waals surface area contributed by atoms with Gasteiger partial charge in [-0.2, -0.15) is 0 Å². The Hall–Kier alpha value is -2.78. The molecule has 9 nitrogen and oxygen atoms in total. The number of nitrogens with zero attached hydrogens (tertiary/aromatic N) is 3. The maximum absolute atomic E-state index is 12.4. The summed E-state index contributed by atoms with van der Waals surface area (Å²) in [6.45, 7) is 6.78. The van der Waals surface area contributed by atoms with Crippen molar-refractivity contribution in [1.29, 1.82) is 0 Å². The molecule has 156 valence electrons. The second-order valence-corrected chi connectivity index (χ2v) is 7.14. The van der Waals surface area contributed by atoms with Crippen LogP contribution >= 0.6 is 0 Å². The summed E-state index contributed by atoms with van der Waals surface area (Å²) >= 11 is 0. The first-order valence-electron chi connectivity index (χ1n) is 9.83. The summed E-state index contributed by atoms with van der Waals surface area (Å²) in [7, 11) is 1.32. The van der Waals surface area contributed by atoms with Crippen LogP contribution in [0.5, 0.6) is 0 Å². The lowest BCUT2D eigenvalue weighted by atomic mass is 10.1. The Kier molecular flexibility index (Phi) is 6.95. The van der Waals surface area contributed by atoms with Gasteiger partial charge in [0.1, 0.15) is 5.82 Å². The molecule has 29 heavy (non-hydrogen) atoms. The number of hydrogen-bond donors (Lipinski definition) is 2. The molecule has 0 unspecified atom stereocenters. The third-order valence-electron chi connectivity index (χ3n) is 4.95. The fourth-order valence-electron chi connectivity index (χ4n) is 3.35. The number of piperazine rings is 1. The Morgan fingerprint density at radius 3 is 2.62 bits per heavy atom. The van der Waals surface area contributed by atoms with Crippen molar-refractivity contribution < 1.29 is 14.3 Å². The van der Waals surface area contributed by atoms with E-state index in [9.17, 15) is 14.4 Å². The van der Waals surface area contributed by atoms with Crippen LogP contribution in [0, 0.1) is 0 Å². The molecule has 0 bridgehead atoms. The molecule has 1 aromatic carbocycles. The maximum Gasteiger partial charge on any atom is 0.337 e. The predicted molar refractivity (Wildman–Crippen MR) is 109 cm³/mol. The van der Waals surface area contributed by atoms with E-state index in [0.717, 1.165) is 32.6 Å². The number of rotatable bonds is 7. The van der Waals surface area contributed by atoms with Gasteiger partial charge in [0.25, 0.3) is 5.56 Å². The minimum absolute atomic E-state index is 0.0576. The number of aromatic nitrogens is 2. The van der Waals surface area contributed by atoms with Crippen LogP contribution in [0.4, 0.5) is 0 Å². The molecule has 1 aliphatic heterocycles. The van der Waals surface area contributed by atoms with Crippen LogP contribution in [0.15, 0.2) is 23.0 Å². The van der Waals surface area contributed by atoms with Crippen LogP contribution in [0.3, 0.4) is 0 Å². The summed E-state index contributed by atoms with van der Waals surface area (Å²) in [6, 6.07) is 4.72. The van der Waals surface area contributed by atoms with Crippen LogP contribution in [0.25, 0.3) is 10.9 Å². The lowest BCUT2D eigenvalue weighted by molar-refractivity contribution is -0.122. The van der Waals surface area contributed by atoms with Gasteiger partial charge in [-0.15, -0.1) is 0 Å². The molecule has 0 aliphatic carbocycles. The fraction of sp³-hybridized carbons (Fsp3) is 0.500. The Morgan fingerprint density at radius 1 is 1.21 bits per heavy atom. The molecule has 9 heteroatoms. The summed E-state index contributed by atoms with van der Waals surface area (Å²) in [5.74, 6) is 0.149. The SMILES string of the molecule is CCCNC(=O)CN1CCN(Cc2nc3cc(C(=O)OC)ccc3c(=O)[nH]2)CC1. The zero-order chi connectivity index (χ0) is 20.8. The molecule has 0 saturated carbocycles. The van der Waals surface area contributed by atoms with E-state index in [2.05, 4.69) is 25.1 Å². The van der Waals surface area contributed by atoms with E-state index < -0.39 is 5.97 Å². The third kappa shape index (κ3) is 5.39. The van der Waals surface area contributed by atoms with Crippen molar-refractivity contribution in [2.75, 3.05) is 46.4 Å². The normalized spacial score (nSPS) is 15.4. The molecular formula is C20H27N5O4. The molecule has 2 heterocycles. The van der Waals surface area contributed by atoms with Crippen LogP contribution in [-0.4, -0.2) is 78.0 Å². The van der Waals surface area contributed by atoms with E-state index in [0.29, 0.717) is 41.9 Å². The van der Waals surface area contributed by atoms with Crippen molar-refractivity contribution in [1.82, 2.24) is 25.1 Å². The molecule has 1 amide bonds. The first-order chi connectivity index (χ1) is 14.0. The molecule has 3 rings (SSSR count). The first kappa shape index (κ1) is 20.9. The number of fused-ring (bicyclic) bond motifs is 1. The fourth-order valence-corrected chi connectivity index (χ4v) is 3.35. The van der Waals surface area contributed by atoms with Crippen molar-refractivity contribution in [3.63, 3.8) is 0 Å². The second kappa shape index (κ2) is 9.62. The molecule has 0 atom stereocenters. The first-order valence-corrected chi connectivity index (χ1v) is 9.83. The minimum Gasteiger partial charge on any atom is -0.465 e. The molecule has 1 saturated heterocycles. The lowest BCUT2D eigenvalue weighted by Crippen LogP contribution is -2.49. The van der Waals surface area contributed by atoms with Crippen LogP contribution in [0.1, 0.15) is 29.5 Å². The number of methoxy groups -OCH3 is 1. The van der Waals surface area contributed by atoms with Gasteiger partial charge >= 0.3 is 5.97 Å². The number of ether oxygens (including phenoxy) is 1. The number of amides is 1. The number of carbonyl (C=O) groups excluding carboxylic acids is 2. The Labute approximate surface area is 169 Å². The highest BCUT2D eigenvalue weighted by Crippen LogP contribution is 2.13. The number of aromatic amines is 1. The van der Waals surface area contributed by atoms with Gasteiger partial charge in [0.2, 0.25) is 5.91 Å². The van der Waals surface area contributed by atoms with Gasteiger partial charge in [0.15, 0.2) is 0 Å². The topological polar surface area (TPSA) is 108 Å². The van der Waals surface area contributed by atoms with Gasteiger partial charge in [-0.05, 0) is 24.6 Å². The van der Waals surface area contributed by atoms with Crippen molar-refractivity contribution >= 4 is 22.8 Å². The molecule has 0 spiro atoms. The molecule has 1 fully saturated rings. The zero-order valence-corrected chi connectivity index (χ0v) is 16.9. The number of carbonyl (C=O) groups is 2.